The van der Waals surface area contributed by atoms with Gasteiger partial charge in [0, 0.05) is 18.8 Å². The summed E-state index contributed by atoms with van der Waals surface area (Å²) in [4.78, 5) is 13.4. The number of fused-ring (bicyclic) bond motifs is 1. The van der Waals surface area contributed by atoms with Gasteiger partial charge in [-0.05, 0) is 31.2 Å². The maximum Gasteiger partial charge on any atom is 0.316 e. The van der Waals surface area contributed by atoms with Crippen LogP contribution in [0.5, 0.6) is 0 Å². The van der Waals surface area contributed by atoms with Crippen LogP contribution in [-0.4, -0.2) is 39.6 Å². The van der Waals surface area contributed by atoms with Gasteiger partial charge in [0.1, 0.15) is 5.82 Å². The lowest BCUT2D eigenvalue weighted by Gasteiger charge is -2.14. The molecule has 1 aromatic carbocycles. The normalized spacial score (nSPS) is 13.3. The van der Waals surface area contributed by atoms with Gasteiger partial charge >= 0.3 is 5.97 Å². The number of anilines is 2. The van der Waals surface area contributed by atoms with Crippen LogP contribution in [0.2, 0.25) is 0 Å². The summed E-state index contributed by atoms with van der Waals surface area (Å²) in [7, 11) is 0. The summed E-state index contributed by atoms with van der Waals surface area (Å²) in [6, 6.07) is 6.27. The van der Waals surface area contributed by atoms with E-state index in [1.807, 2.05) is 9.47 Å². The zero-order chi connectivity index (χ0) is 15.5. The minimum atomic E-state index is -0.268. The summed E-state index contributed by atoms with van der Waals surface area (Å²) in [5, 5.41) is 8.98. The van der Waals surface area contributed by atoms with Gasteiger partial charge in [-0.15, -0.1) is 10.2 Å². The summed E-state index contributed by atoms with van der Waals surface area (Å²) in [6.45, 7) is 3.61. The van der Waals surface area contributed by atoms with Crippen molar-refractivity contribution < 1.29 is 13.9 Å². The van der Waals surface area contributed by atoms with E-state index < -0.39 is 0 Å². The maximum atomic E-state index is 13.0. The van der Waals surface area contributed by atoms with E-state index in [2.05, 4.69) is 10.2 Å². The van der Waals surface area contributed by atoms with Crippen molar-refractivity contribution in [3.8, 4) is 0 Å². The number of benzene rings is 1. The van der Waals surface area contributed by atoms with Crippen LogP contribution >= 0.6 is 11.8 Å². The minimum Gasteiger partial charge on any atom is -0.465 e. The fourth-order valence-electron chi connectivity index (χ4n) is 2.27. The van der Waals surface area contributed by atoms with Gasteiger partial charge < -0.3 is 9.64 Å². The summed E-state index contributed by atoms with van der Waals surface area (Å²) in [6.07, 6.45) is 0. The van der Waals surface area contributed by atoms with Gasteiger partial charge in [-0.3, -0.25) is 9.36 Å². The lowest BCUT2D eigenvalue weighted by Crippen LogP contribution is -2.14. The number of esters is 1. The second-order valence-electron chi connectivity index (χ2n) is 4.66. The first-order valence-electron chi connectivity index (χ1n) is 6.93. The topological polar surface area (TPSA) is 60.2 Å². The molecule has 1 aromatic heterocycles. The molecule has 0 bridgehead atoms. The van der Waals surface area contributed by atoms with Crippen molar-refractivity contribution in [1.29, 1.82) is 0 Å². The molecule has 0 saturated heterocycles. The lowest BCUT2D eigenvalue weighted by molar-refractivity contribution is -0.139. The predicted molar refractivity (Wildman–Crippen MR) is 80.8 cm³/mol. The molecule has 6 nitrogen and oxygen atoms in total. The van der Waals surface area contributed by atoms with Crippen LogP contribution in [0.3, 0.4) is 0 Å². The van der Waals surface area contributed by atoms with E-state index in [9.17, 15) is 9.18 Å². The zero-order valence-corrected chi connectivity index (χ0v) is 12.8. The van der Waals surface area contributed by atoms with Crippen molar-refractivity contribution in [2.24, 2.45) is 0 Å². The van der Waals surface area contributed by atoms with Crippen molar-refractivity contribution in [3.63, 3.8) is 0 Å². The zero-order valence-electron chi connectivity index (χ0n) is 12.0. The second kappa shape index (κ2) is 6.35. The van der Waals surface area contributed by atoms with Crippen LogP contribution in [0, 0.1) is 5.82 Å². The van der Waals surface area contributed by atoms with Crippen molar-refractivity contribution in [3.05, 3.63) is 30.1 Å². The summed E-state index contributed by atoms with van der Waals surface area (Å²) >= 11 is 1.31. The Hall–Kier alpha value is -2.09. The summed E-state index contributed by atoms with van der Waals surface area (Å²) in [5.41, 5.74) is 0.870. The molecule has 2 aromatic rings. The molecule has 0 N–H and O–H groups in total. The molecule has 0 spiro atoms. The molecule has 1 aliphatic heterocycles. The first-order chi connectivity index (χ1) is 10.7. The molecule has 116 valence electrons. The highest BCUT2D eigenvalue weighted by Gasteiger charge is 2.26. The Morgan fingerprint density at radius 1 is 1.32 bits per heavy atom. The third-order valence-electron chi connectivity index (χ3n) is 3.25. The van der Waals surface area contributed by atoms with Crippen molar-refractivity contribution >= 4 is 29.4 Å². The molecule has 0 atom stereocenters. The number of rotatable bonds is 5. The van der Waals surface area contributed by atoms with Crippen molar-refractivity contribution in [1.82, 2.24) is 14.8 Å². The Kier molecular flexibility index (Phi) is 4.28. The number of carbonyl (C=O) groups is 1. The molecule has 0 fully saturated rings. The van der Waals surface area contributed by atoms with Gasteiger partial charge in [0.25, 0.3) is 0 Å². The summed E-state index contributed by atoms with van der Waals surface area (Å²) in [5.74, 6) is 0.383. The molecule has 1 aliphatic rings. The van der Waals surface area contributed by atoms with Gasteiger partial charge in [0.15, 0.2) is 5.16 Å². The van der Waals surface area contributed by atoms with E-state index in [4.69, 9.17) is 4.74 Å². The quantitative estimate of drug-likeness (QED) is 0.621. The van der Waals surface area contributed by atoms with Gasteiger partial charge in [-0.1, -0.05) is 11.8 Å². The van der Waals surface area contributed by atoms with Crippen LogP contribution in [0.15, 0.2) is 29.4 Å². The Labute approximate surface area is 131 Å². The summed E-state index contributed by atoms with van der Waals surface area (Å²) < 4.78 is 19.9. The Bertz CT molecular complexity index is 674. The Morgan fingerprint density at radius 3 is 2.82 bits per heavy atom. The first-order valence-corrected chi connectivity index (χ1v) is 7.92. The Morgan fingerprint density at radius 2 is 2.09 bits per heavy atom. The van der Waals surface area contributed by atoms with E-state index in [0.717, 1.165) is 18.8 Å². The maximum absolute atomic E-state index is 13.0. The smallest absolute Gasteiger partial charge is 0.316 e. The number of hydrogen-bond donors (Lipinski definition) is 0. The van der Waals surface area contributed by atoms with Gasteiger partial charge in [0.2, 0.25) is 5.95 Å². The number of ether oxygens (including phenoxy) is 1. The number of aromatic nitrogens is 3. The number of halogens is 1. The minimum absolute atomic E-state index is 0.211. The molecule has 0 saturated carbocycles. The third-order valence-corrected chi connectivity index (χ3v) is 4.19. The third kappa shape index (κ3) is 2.92. The molecule has 0 radical (unpaired) electrons. The van der Waals surface area contributed by atoms with E-state index in [0.29, 0.717) is 17.7 Å². The average Bonchev–Trinajstić information content (AvgIpc) is 3.08. The van der Waals surface area contributed by atoms with Crippen LogP contribution in [0.25, 0.3) is 0 Å². The number of carbonyl (C=O) groups excluding carboxylic acids is 1. The van der Waals surface area contributed by atoms with Crippen LogP contribution in [0.1, 0.15) is 6.92 Å². The van der Waals surface area contributed by atoms with Gasteiger partial charge in [-0.25, -0.2) is 4.39 Å². The van der Waals surface area contributed by atoms with Crippen LogP contribution in [0.4, 0.5) is 16.0 Å². The number of nitrogens with zero attached hydrogens (tertiary/aromatic N) is 4. The molecule has 22 heavy (non-hydrogen) atoms. The molecular formula is C14H15FN4O2S. The molecule has 3 rings (SSSR count). The fourth-order valence-corrected chi connectivity index (χ4v) is 3.03. The molecule has 0 aliphatic carbocycles. The highest BCUT2D eigenvalue weighted by Crippen LogP contribution is 2.31. The number of thioether (sulfide) groups is 1. The van der Waals surface area contributed by atoms with Gasteiger partial charge in [-0.2, -0.15) is 0 Å². The molecule has 2 heterocycles. The van der Waals surface area contributed by atoms with Crippen molar-refractivity contribution in [2.75, 3.05) is 23.8 Å². The largest absolute Gasteiger partial charge is 0.465 e. The molecule has 0 unspecified atom stereocenters. The SMILES string of the molecule is CCOC(=O)CSc1nnc2n1CCN2c1ccc(F)cc1. The number of hydrogen-bond acceptors (Lipinski definition) is 6. The van der Waals surface area contributed by atoms with Crippen molar-refractivity contribution in [2.45, 2.75) is 18.6 Å². The molecule has 8 heteroatoms. The van der Waals surface area contributed by atoms with E-state index in [1.54, 1.807) is 19.1 Å². The lowest BCUT2D eigenvalue weighted by atomic mass is 10.3. The Balaban J connectivity index is 1.73. The predicted octanol–water partition coefficient (Wildman–Crippen LogP) is 2.22. The average molecular weight is 322 g/mol. The standard InChI is InChI=1S/C14H15FN4O2S/c1-2-21-12(20)9-22-14-17-16-13-18(7-8-19(13)14)11-5-3-10(15)4-6-11/h3-6H,2,7-9H2,1H3. The molecule has 0 amide bonds. The van der Waals surface area contributed by atoms with Gasteiger partial charge in [0.05, 0.1) is 12.4 Å². The van der Waals surface area contributed by atoms with Crippen LogP contribution in [-0.2, 0) is 16.1 Å². The first kappa shape index (κ1) is 14.8. The highest BCUT2D eigenvalue weighted by molar-refractivity contribution is 7.99. The monoisotopic (exact) mass is 322 g/mol. The second-order valence-corrected chi connectivity index (χ2v) is 5.60. The van der Waals surface area contributed by atoms with E-state index >= 15 is 0 Å². The highest BCUT2D eigenvalue weighted by atomic mass is 32.2. The van der Waals surface area contributed by atoms with Crippen LogP contribution < -0.4 is 4.90 Å². The van der Waals surface area contributed by atoms with E-state index in [1.165, 1.54) is 23.9 Å². The fraction of sp³-hybridized carbons (Fsp3) is 0.357. The molecular weight excluding hydrogens is 307 g/mol. The van der Waals surface area contributed by atoms with E-state index in [-0.39, 0.29) is 17.5 Å².